The molecule has 0 aromatic heterocycles. The maximum Gasteiger partial charge on any atom is 0.253 e. The summed E-state index contributed by atoms with van der Waals surface area (Å²) < 4.78 is 11.3. The molecule has 7 nitrogen and oxygen atoms in total. The number of nitrogens with one attached hydrogen (secondary N) is 2. The van der Waals surface area contributed by atoms with Crippen LogP contribution in [0.15, 0.2) is 109 Å². The van der Waals surface area contributed by atoms with Crippen molar-refractivity contribution < 1.29 is 19.1 Å². The van der Waals surface area contributed by atoms with E-state index in [0.717, 1.165) is 22.7 Å². The van der Waals surface area contributed by atoms with Gasteiger partial charge in [0.05, 0.1) is 6.54 Å². The highest BCUT2D eigenvalue weighted by molar-refractivity contribution is 5.98. The van der Waals surface area contributed by atoms with E-state index in [1.165, 1.54) is 0 Å². The van der Waals surface area contributed by atoms with Crippen LogP contribution in [-0.2, 0) is 11.3 Å². The van der Waals surface area contributed by atoms with Gasteiger partial charge in [-0.2, -0.15) is 0 Å². The number of hydrogen-bond acceptors (Lipinski definition) is 5. The van der Waals surface area contributed by atoms with E-state index in [-0.39, 0.29) is 18.4 Å². The summed E-state index contributed by atoms with van der Waals surface area (Å²) in [6, 6.07) is 33.7. The van der Waals surface area contributed by atoms with Crippen molar-refractivity contribution >= 4 is 23.2 Å². The number of carbonyl (C=O) groups is 2. The summed E-state index contributed by atoms with van der Waals surface area (Å²) in [5.41, 5.74) is 2.92. The number of benzene rings is 4. The topological polar surface area (TPSA) is 79.9 Å². The number of ether oxygens (including phenoxy) is 2. The van der Waals surface area contributed by atoms with E-state index in [4.69, 9.17) is 9.47 Å². The van der Waals surface area contributed by atoms with Crippen molar-refractivity contribution in [3.05, 3.63) is 120 Å². The van der Waals surface area contributed by atoms with Crippen molar-refractivity contribution in [3.63, 3.8) is 0 Å². The second-order valence-corrected chi connectivity index (χ2v) is 8.66. The van der Waals surface area contributed by atoms with Crippen LogP contribution in [0.5, 0.6) is 11.5 Å². The highest BCUT2D eigenvalue weighted by Crippen LogP contribution is 2.17. The van der Waals surface area contributed by atoms with Gasteiger partial charge in [-0.1, -0.05) is 54.6 Å². The largest absolute Gasteiger partial charge is 0.490 e. The molecule has 4 aromatic carbocycles. The summed E-state index contributed by atoms with van der Waals surface area (Å²) in [5, 5.41) is 5.94. The minimum absolute atomic E-state index is 0.0806. The Morgan fingerprint density at radius 3 is 2.03 bits per heavy atom. The molecule has 0 saturated carbocycles. The molecule has 0 fully saturated rings. The fourth-order valence-electron chi connectivity index (χ4n) is 3.77. The summed E-state index contributed by atoms with van der Waals surface area (Å²) in [4.78, 5) is 27.0. The first kappa shape index (κ1) is 26.3. The van der Waals surface area contributed by atoms with Crippen molar-refractivity contribution in [2.24, 2.45) is 0 Å². The van der Waals surface area contributed by atoms with E-state index in [1.807, 2.05) is 84.9 Å². The number of rotatable bonds is 12. The summed E-state index contributed by atoms with van der Waals surface area (Å²) in [6.45, 7) is 1.46. The summed E-state index contributed by atoms with van der Waals surface area (Å²) in [6.07, 6.45) is 0. The Balaban J connectivity index is 1.20. The minimum atomic E-state index is -0.217. The Kier molecular flexibility index (Phi) is 9.34. The number of anilines is 2. The SMILES string of the molecule is CN(Cc1ccccc1)C(=O)c1cccc(NC(=O)CNc2ccc(OCCOc3ccccc3)cc2)c1. The molecule has 0 atom stereocenters. The molecule has 0 spiro atoms. The zero-order chi connectivity index (χ0) is 26.6. The molecule has 194 valence electrons. The van der Waals surface area contributed by atoms with Gasteiger partial charge in [0.25, 0.3) is 5.91 Å². The highest BCUT2D eigenvalue weighted by Gasteiger charge is 2.13. The Hall–Kier alpha value is -4.78. The normalized spacial score (nSPS) is 10.3. The molecule has 0 aliphatic rings. The van der Waals surface area contributed by atoms with Gasteiger partial charge in [-0.05, 0) is 60.2 Å². The minimum Gasteiger partial charge on any atom is -0.490 e. The molecule has 0 unspecified atom stereocenters. The van der Waals surface area contributed by atoms with Gasteiger partial charge in [-0.15, -0.1) is 0 Å². The quantitative estimate of drug-likeness (QED) is 0.248. The molecular formula is C31H31N3O4. The van der Waals surface area contributed by atoms with Gasteiger partial charge in [-0.25, -0.2) is 0 Å². The fraction of sp³-hybridized carbons (Fsp3) is 0.161. The van der Waals surface area contributed by atoms with Crippen molar-refractivity contribution in [1.29, 1.82) is 0 Å². The van der Waals surface area contributed by atoms with Gasteiger partial charge in [0.2, 0.25) is 5.91 Å². The molecule has 0 saturated heterocycles. The number of hydrogen-bond donors (Lipinski definition) is 2. The van der Waals surface area contributed by atoms with Crippen molar-refractivity contribution in [2.45, 2.75) is 6.54 Å². The van der Waals surface area contributed by atoms with Crippen LogP contribution in [0.3, 0.4) is 0 Å². The van der Waals surface area contributed by atoms with Crippen LogP contribution in [-0.4, -0.2) is 43.5 Å². The summed E-state index contributed by atoms with van der Waals surface area (Å²) in [7, 11) is 1.76. The van der Waals surface area contributed by atoms with Crippen molar-refractivity contribution in [1.82, 2.24) is 4.90 Å². The Morgan fingerprint density at radius 2 is 1.34 bits per heavy atom. The van der Waals surface area contributed by atoms with E-state index in [0.29, 0.717) is 31.0 Å². The lowest BCUT2D eigenvalue weighted by molar-refractivity contribution is -0.114. The number of para-hydroxylation sites is 1. The number of carbonyl (C=O) groups excluding carboxylic acids is 2. The maximum absolute atomic E-state index is 12.9. The smallest absolute Gasteiger partial charge is 0.253 e. The van der Waals surface area contributed by atoms with Gasteiger partial charge >= 0.3 is 0 Å². The van der Waals surface area contributed by atoms with Crippen LogP contribution in [0, 0.1) is 0 Å². The summed E-state index contributed by atoms with van der Waals surface area (Å²) >= 11 is 0. The third kappa shape index (κ3) is 8.13. The van der Waals surface area contributed by atoms with Crippen molar-refractivity contribution in [3.8, 4) is 11.5 Å². The lowest BCUT2D eigenvalue weighted by Gasteiger charge is -2.18. The highest BCUT2D eigenvalue weighted by atomic mass is 16.5. The van der Waals surface area contributed by atoms with Crippen LogP contribution in [0.4, 0.5) is 11.4 Å². The Labute approximate surface area is 223 Å². The molecule has 4 rings (SSSR count). The molecule has 2 amide bonds. The first-order valence-corrected chi connectivity index (χ1v) is 12.4. The molecule has 0 aliphatic carbocycles. The van der Waals surface area contributed by atoms with Crippen LogP contribution >= 0.6 is 0 Å². The second-order valence-electron chi connectivity index (χ2n) is 8.66. The molecule has 0 radical (unpaired) electrons. The van der Waals surface area contributed by atoms with Crippen LogP contribution in [0.1, 0.15) is 15.9 Å². The average molecular weight is 510 g/mol. The monoisotopic (exact) mass is 509 g/mol. The lowest BCUT2D eigenvalue weighted by atomic mass is 10.1. The van der Waals surface area contributed by atoms with Crippen molar-refractivity contribution in [2.75, 3.05) is 37.4 Å². The van der Waals surface area contributed by atoms with E-state index >= 15 is 0 Å². The van der Waals surface area contributed by atoms with Crippen LogP contribution in [0.25, 0.3) is 0 Å². The second kappa shape index (κ2) is 13.5. The first-order valence-electron chi connectivity index (χ1n) is 12.4. The first-order chi connectivity index (χ1) is 18.6. The molecule has 2 N–H and O–H groups in total. The molecule has 7 heteroatoms. The standard InChI is InChI=1S/C31H31N3O4/c1-34(23-24-9-4-2-5-10-24)31(36)25-11-8-12-27(21-25)33-30(35)22-32-26-15-17-29(18-16-26)38-20-19-37-28-13-6-3-7-14-28/h2-18,21,32H,19-20,22-23H2,1H3,(H,33,35). The van der Waals surface area contributed by atoms with Gasteiger partial charge in [0, 0.05) is 30.5 Å². The maximum atomic E-state index is 12.9. The third-order valence-corrected chi connectivity index (χ3v) is 5.67. The van der Waals surface area contributed by atoms with Gasteiger partial charge < -0.3 is 25.0 Å². The number of nitrogens with zero attached hydrogens (tertiary/aromatic N) is 1. The molecule has 0 bridgehead atoms. The third-order valence-electron chi connectivity index (χ3n) is 5.67. The Bertz CT molecular complexity index is 1310. The molecular weight excluding hydrogens is 478 g/mol. The van der Waals surface area contributed by atoms with E-state index in [2.05, 4.69) is 10.6 Å². The van der Waals surface area contributed by atoms with E-state index in [9.17, 15) is 9.59 Å². The van der Waals surface area contributed by atoms with Gasteiger partial charge in [0.15, 0.2) is 0 Å². The van der Waals surface area contributed by atoms with Crippen LogP contribution in [0.2, 0.25) is 0 Å². The van der Waals surface area contributed by atoms with E-state index < -0.39 is 0 Å². The zero-order valence-corrected chi connectivity index (χ0v) is 21.3. The average Bonchev–Trinajstić information content (AvgIpc) is 2.95. The lowest BCUT2D eigenvalue weighted by Crippen LogP contribution is -2.26. The zero-order valence-electron chi connectivity index (χ0n) is 21.3. The predicted octanol–water partition coefficient (Wildman–Crippen LogP) is 5.47. The number of amides is 2. The Morgan fingerprint density at radius 1 is 0.711 bits per heavy atom. The molecule has 38 heavy (non-hydrogen) atoms. The van der Waals surface area contributed by atoms with Gasteiger partial charge in [0.1, 0.15) is 24.7 Å². The fourth-order valence-corrected chi connectivity index (χ4v) is 3.77. The van der Waals surface area contributed by atoms with Crippen LogP contribution < -0.4 is 20.1 Å². The summed E-state index contributed by atoms with van der Waals surface area (Å²) in [5.74, 6) is 1.20. The van der Waals surface area contributed by atoms with E-state index in [1.54, 1.807) is 36.2 Å². The molecule has 4 aromatic rings. The van der Waals surface area contributed by atoms with Gasteiger partial charge in [-0.3, -0.25) is 9.59 Å². The predicted molar refractivity (Wildman–Crippen MR) is 150 cm³/mol. The molecule has 0 heterocycles. The molecule has 0 aliphatic heterocycles.